The normalized spacial score (nSPS) is 11.8. The summed E-state index contributed by atoms with van der Waals surface area (Å²) in [6.45, 7) is 0. The van der Waals surface area contributed by atoms with Crippen molar-refractivity contribution in [3.05, 3.63) is 66.2 Å². The molecule has 1 N–H and O–H groups in total. The average molecular weight is 352 g/mol. The standard InChI is InChI=1S/C21H20O5/c1-24-16-10-11-18(25-2)15(12-16)13-20(21(22)23)26-19-9-5-7-14-6-3-4-8-17(14)19/h3-12,20H,13H2,1-2H3,(H,22,23). The Morgan fingerprint density at radius 1 is 0.962 bits per heavy atom. The minimum Gasteiger partial charge on any atom is -0.497 e. The average Bonchev–Trinajstić information content (AvgIpc) is 2.67. The number of fused-ring (bicyclic) bond motifs is 1. The first-order valence-electron chi connectivity index (χ1n) is 8.20. The fourth-order valence-corrected chi connectivity index (χ4v) is 2.87. The third-order valence-corrected chi connectivity index (χ3v) is 4.19. The zero-order valence-electron chi connectivity index (χ0n) is 14.6. The van der Waals surface area contributed by atoms with Crippen LogP contribution in [0.15, 0.2) is 60.7 Å². The zero-order chi connectivity index (χ0) is 18.5. The number of hydrogen-bond donors (Lipinski definition) is 1. The van der Waals surface area contributed by atoms with E-state index in [0.29, 0.717) is 22.8 Å². The molecule has 0 radical (unpaired) electrons. The molecule has 5 heteroatoms. The lowest BCUT2D eigenvalue weighted by atomic mass is 10.1. The largest absolute Gasteiger partial charge is 0.497 e. The summed E-state index contributed by atoms with van der Waals surface area (Å²) in [5.41, 5.74) is 0.708. The van der Waals surface area contributed by atoms with Crippen molar-refractivity contribution in [2.75, 3.05) is 14.2 Å². The molecule has 0 saturated heterocycles. The number of benzene rings is 3. The third kappa shape index (κ3) is 3.72. The Hall–Kier alpha value is -3.21. The highest BCUT2D eigenvalue weighted by Gasteiger charge is 2.23. The van der Waals surface area contributed by atoms with Crippen LogP contribution in [0.4, 0.5) is 0 Å². The predicted molar refractivity (Wildman–Crippen MR) is 99.2 cm³/mol. The number of hydrogen-bond acceptors (Lipinski definition) is 4. The van der Waals surface area contributed by atoms with E-state index >= 15 is 0 Å². The van der Waals surface area contributed by atoms with Crippen molar-refractivity contribution in [3.8, 4) is 17.2 Å². The van der Waals surface area contributed by atoms with Gasteiger partial charge in [-0.2, -0.15) is 0 Å². The van der Waals surface area contributed by atoms with Crippen LogP contribution in [-0.2, 0) is 11.2 Å². The molecule has 5 nitrogen and oxygen atoms in total. The van der Waals surface area contributed by atoms with Crippen molar-refractivity contribution in [1.29, 1.82) is 0 Å². The molecule has 0 amide bonds. The van der Waals surface area contributed by atoms with Gasteiger partial charge in [-0.1, -0.05) is 36.4 Å². The lowest BCUT2D eigenvalue weighted by Gasteiger charge is -2.18. The SMILES string of the molecule is COc1ccc(OC)c(CC(Oc2cccc3ccccc23)C(=O)O)c1. The second kappa shape index (κ2) is 7.78. The van der Waals surface area contributed by atoms with Gasteiger partial charge < -0.3 is 19.3 Å². The van der Waals surface area contributed by atoms with Gasteiger partial charge in [-0.15, -0.1) is 0 Å². The third-order valence-electron chi connectivity index (χ3n) is 4.19. The molecule has 0 saturated carbocycles. The maximum absolute atomic E-state index is 11.8. The van der Waals surface area contributed by atoms with E-state index in [2.05, 4.69) is 0 Å². The van der Waals surface area contributed by atoms with Crippen molar-refractivity contribution >= 4 is 16.7 Å². The van der Waals surface area contributed by atoms with Crippen molar-refractivity contribution in [1.82, 2.24) is 0 Å². The monoisotopic (exact) mass is 352 g/mol. The number of carboxylic acid groups (broad SMARTS) is 1. The zero-order valence-corrected chi connectivity index (χ0v) is 14.6. The highest BCUT2D eigenvalue weighted by molar-refractivity contribution is 5.88. The summed E-state index contributed by atoms with van der Waals surface area (Å²) in [5, 5.41) is 11.5. The van der Waals surface area contributed by atoms with Gasteiger partial charge >= 0.3 is 5.97 Å². The van der Waals surface area contributed by atoms with Crippen LogP contribution in [0, 0.1) is 0 Å². The first kappa shape index (κ1) is 17.6. The van der Waals surface area contributed by atoms with E-state index in [9.17, 15) is 9.90 Å². The molecule has 0 aliphatic rings. The molecule has 0 fully saturated rings. The molecule has 0 heterocycles. The van der Waals surface area contributed by atoms with E-state index in [0.717, 1.165) is 10.8 Å². The topological polar surface area (TPSA) is 65.0 Å². The summed E-state index contributed by atoms with van der Waals surface area (Å²) in [7, 11) is 3.11. The summed E-state index contributed by atoms with van der Waals surface area (Å²) in [6, 6.07) is 18.6. The highest BCUT2D eigenvalue weighted by atomic mass is 16.5. The molecule has 1 unspecified atom stereocenters. The molecule has 3 aromatic carbocycles. The molecular weight excluding hydrogens is 332 g/mol. The van der Waals surface area contributed by atoms with Gasteiger partial charge in [-0.25, -0.2) is 4.79 Å². The Morgan fingerprint density at radius 3 is 2.46 bits per heavy atom. The van der Waals surface area contributed by atoms with Crippen molar-refractivity contribution in [2.45, 2.75) is 12.5 Å². The molecule has 0 aromatic heterocycles. The molecule has 0 aliphatic heterocycles. The van der Waals surface area contributed by atoms with Crippen LogP contribution in [-0.4, -0.2) is 31.4 Å². The maximum Gasteiger partial charge on any atom is 0.345 e. The number of carboxylic acids is 1. The van der Waals surface area contributed by atoms with Gasteiger partial charge in [0.2, 0.25) is 0 Å². The number of aliphatic carboxylic acids is 1. The quantitative estimate of drug-likeness (QED) is 0.698. The highest BCUT2D eigenvalue weighted by Crippen LogP contribution is 2.29. The summed E-state index contributed by atoms with van der Waals surface area (Å²) in [4.78, 5) is 11.8. The fraction of sp³-hybridized carbons (Fsp3) is 0.190. The summed E-state index contributed by atoms with van der Waals surface area (Å²) < 4.78 is 16.4. The van der Waals surface area contributed by atoms with Crippen LogP contribution in [0.5, 0.6) is 17.2 Å². The molecule has 0 bridgehead atoms. The van der Waals surface area contributed by atoms with E-state index in [1.807, 2.05) is 36.4 Å². The fourth-order valence-electron chi connectivity index (χ4n) is 2.87. The van der Waals surface area contributed by atoms with Crippen LogP contribution in [0.3, 0.4) is 0 Å². The second-order valence-corrected chi connectivity index (χ2v) is 5.80. The van der Waals surface area contributed by atoms with Gasteiger partial charge in [-0.3, -0.25) is 0 Å². The summed E-state index contributed by atoms with van der Waals surface area (Å²) >= 11 is 0. The van der Waals surface area contributed by atoms with Crippen molar-refractivity contribution in [3.63, 3.8) is 0 Å². The van der Waals surface area contributed by atoms with E-state index in [1.165, 1.54) is 0 Å². The number of carbonyl (C=O) groups is 1. The van der Waals surface area contributed by atoms with Crippen LogP contribution in [0.25, 0.3) is 10.8 Å². The molecule has 0 spiro atoms. The lowest BCUT2D eigenvalue weighted by molar-refractivity contribution is -0.144. The number of methoxy groups -OCH3 is 2. The van der Waals surface area contributed by atoms with Crippen LogP contribution in [0.1, 0.15) is 5.56 Å². The van der Waals surface area contributed by atoms with Gasteiger partial charge in [-0.05, 0) is 29.7 Å². The van der Waals surface area contributed by atoms with Gasteiger partial charge in [0.15, 0.2) is 6.10 Å². The van der Waals surface area contributed by atoms with Gasteiger partial charge in [0.05, 0.1) is 14.2 Å². The minimum absolute atomic E-state index is 0.152. The lowest BCUT2D eigenvalue weighted by Crippen LogP contribution is -2.29. The molecule has 0 aliphatic carbocycles. The van der Waals surface area contributed by atoms with Crippen LogP contribution >= 0.6 is 0 Å². The number of rotatable bonds is 7. The second-order valence-electron chi connectivity index (χ2n) is 5.80. The Morgan fingerprint density at radius 2 is 1.73 bits per heavy atom. The van der Waals surface area contributed by atoms with Crippen molar-refractivity contribution < 1.29 is 24.1 Å². The first-order chi connectivity index (χ1) is 12.6. The van der Waals surface area contributed by atoms with Gasteiger partial charge in [0, 0.05) is 17.4 Å². The van der Waals surface area contributed by atoms with Gasteiger partial charge in [0.1, 0.15) is 17.2 Å². The minimum atomic E-state index is -1.05. The van der Waals surface area contributed by atoms with E-state index in [1.54, 1.807) is 38.5 Å². The maximum atomic E-state index is 11.8. The molecule has 134 valence electrons. The smallest absolute Gasteiger partial charge is 0.345 e. The van der Waals surface area contributed by atoms with Crippen molar-refractivity contribution in [2.24, 2.45) is 0 Å². The molecular formula is C21H20O5. The van der Waals surface area contributed by atoms with E-state index < -0.39 is 12.1 Å². The Kier molecular flexibility index (Phi) is 5.27. The first-order valence-corrected chi connectivity index (χ1v) is 8.20. The van der Waals surface area contributed by atoms with E-state index in [4.69, 9.17) is 14.2 Å². The molecule has 3 aromatic rings. The molecule has 3 rings (SSSR count). The van der Waals surface area contributed by atoms with E-state index in [-0.39, 0.29) is 6.42 Å². The van der Waals surface area contributed by atoms with Crippen LogP contribution < -0.4 is 14.2 Å². The van der Waals surface area contributed by atoms with Crippen LogP contribution in [0.2, 0.25) is 0 Å². The molecule has 1 atom stereocenters. The van der Waals surface area contributed by atoms with Gasteiger partial charge in [0.25, 0.3) is 0 Å². The Balaban J connectivity index is 1.92. The Bertz CT molecular complexity index is 914. The predicted octanol–water partition coefficient (Wildman–Crippen LogP) is 3.93. The molecule has 26 heavy (non-hydrogen) atoms. The Labute approximate surface area is 151 Å². The number of ether oxygens (including phenoxy) is 3. The summed E-state index contributed by atoms with van der Waals surface area (Å²) in [6.07, 6.45) is -0.902. The summed E-state index contributed by atoms with van der Waals surface area (Å²) in [5.74, 6) is 0.730.